The van der Waals surface area contributed by atoms with E-state index in [1.54, 1.807) is 0 Å². The summed E-state index contributed by atoms with van der Waals surface area (Å²) in [4.78, 5) is 34.1. The lowest BCUT2D eigenvalue weighted by Crippen LogP contribution is -2.41. The summed E-state index contributed by atoms with van der Waals surface area (Å²) in [6.45, 7) is 5.38. The first-order chi connectivity index (χ1) is 11.2. The third kappa shape index (κ3) is 3.09. The van der Waals surface area contributed by atoms with Crippen molar-refractivity contribution >= 4 is 23.2 Å². The van der Waals surface area contributed by atoms with E-state index >= 15 is 0 Å². The maximum absolute atomic E-state index is 12.6. The van der Waals surface area contributed by atoms with Gasteiger partial charge in [-0.15, -0.1) is 0 Å². The van der Waals surface area contributed by atoms with Gasteiger partial charge in [0.1, 0.15) is 17.9 Å². The maximum atomic E-state index is 12.6. The van der Waals surface area contributed by atoms with Gasteiger partial charge < -0.3 is 11.1 Å². The van der Waals surface area contributed by atoms with Gasteiger partial charge in [-0.3, -0.25) is 29.1 Å². The number of anilines is 1. The number of amides is 2. The fraction of sp³-hybridized carbons (Fsp3) is 0.385. The molecule has 11 nitrogen and oxygen atoms in total. The van der Waals surface area contributed by atoms with Crippen molar-refractivity contribution in [1.29, 1.82) is 0 Å². The Bertz CT molecular complexity index is 805. The van der Waals surface area contributed by atoms with Crippen LogP contribution in [0.5, 0.6) is 0 Å². The zero-order chi connectivity index (χ0) is 18.1. The normalized spacial score (nSPS) is 11.3. The number of nitrogens with zero attached hydrogens (tertiary/aromatic N) is 5. The van der Waals surface area contributed by atoms with Crippen LogP contribution in [0.1, 0.15) is 31.3 Å². The summed E-state index contributed by atoms with van der Waals surface area (Å²) in [5.41, 5.74) is 3.90. The molecule has 128 valence electrons. The Kier molecular flexibility index (Phi) is 4.35. The fourth-order valence-corrected chi connectivity index (χ4v) is 1.95. The van der Waals surface area contributed by atoms with Crippen molar-refractivity contribution in [2.75, 3.05) is 5.32 Å². The summed E-state index contributed by atoms with van der Waals surface area (Å²) in [6.07, 6.45) is 3.70. The van der Waals surface area contributed by atoms with Gasteiger partial charge in [-0.05, 0) is 20.8 Å². The Balaban J connectivity index is 2.29. The molecule has 0 aliphatic heterocycles. The number of hydrogen-bond donors (Lipinski definition) is 2. The molecule has 2 rings (SSSR count). The number of hydrogen-bond acceptors (Lipinski definition) is 6. The van der Waals surface area contributed by atoms with Crippen LogP contribution in [0.2, 0.25) is 0 Å². The van der Waals surface area contributed by atoms with E-state index in [-0.39, 0.29) is 17.1 Å². The molecule has 0 spiro atoms. The molecule has 2 aromatic rings. The topological polar surface area (TPSA) is 151 Å². The highest BCUT2D eigenvalue weighted by atomic mass is 16.6. The van der Waals surface area contributed by atoms with Crippen LogP contribution in [-0.4, -0.2) is 36.3 Å². The van der Waals surface area contributed by atoms with Gasteiger partial charge in [0.05, 0.1) is 10.6 Å². The van der Waals surface area contributed by atoms with Crippen molar-refractivity contribution in [3.63, 3.8) is 0 Å². The summed E-state index contributed by atoms with van der Waals surface area (Å²) in [7, 11) is 0. The number of carbonyl (C=O) groups is 2. The SMILES string of the molecule is CCn1cc(NC(=O)C(C)(C)n2cc([N+](=O)[O-])cn2)c(C(N)=O)n1. The zero-order valence-corrected chi connectivity index (χ0v) is 13.4. The molecule has 0 radical (unpaired) electrons. The summed E-state index contributed by atoms with van der Waals surface area (Å²) >= 11 is 0. The highest BCUT2D eigenvalue weighted by molar-refractivity contribution is 6.03. The van der Waals surface area contributed by atoms with E-state index in [4.69, 9.17) is 5.73 Å². The Morgan fingerprint density at radius 2 is 2.08 bits per heavy atom. The zero-order valence-electron chi connectivity index (χ0n) is 13.4. The molecule has 0 fully saturated rings. The van der Waals surface area contributed by atoms with Crippen molar-refractivity contribution in [1.82, 2.24) is 19.6 Å². The van der Waals surface area contributed by atoms with Gasteiger partial charge >= 0.3 is 5.69 Å². The number of aromatic nitrogens is 4. The molecule has 0 saturated carbocycles. The molecule has 0 saturated heterocycles. The molecule has 0 aliphatic rings. The number of rotatable bonds is 6. The first-order valence-corrected chi connectivity index (χ1v) is 7.05. The second-order valence-corrected chi connectivity index (χ2v) is 5.52. The van der Waals surface area contributed by atoms with E-state index in [1.165, 1.54) is 29.4 Å². The van der Waals surface area contributed by atoms with E-state index in [2.05, 4.69) is 15.5 Å². The number of nitrogens with one attached hydrogen (secondary N) is 1. The lowest BCUT2D eigenvalue weighted by atomic mass is 10.0. The van der Waals surface area contributed by atoms with Crippen LogP contribution >= 0.6 is 0 Å². The molecular formula is C13H17N7O4. The molecule has 0 aliphatic carbocycles. The molecule has 0 atom stereocenters. The van der Waals surface area contributed by atoms with Crippen LogP contribution in [0.15, 0.2) is 18.6 Å². The third-order valence-electron chi connectivity index (χ3n) is 3.48. The summed E-state index contributed by atoms with van der Waals surface area (Å²) < 4.78 is 2.64. The number of primary amides is 1. The number of nitro groups is 1. The summed E-state index contributed by atoms with van der Waals surface area (Å²) in [6, 6.07) is 0. The highest BCUT2D eigenvalue weighted by Crippen LogP contribution is 2.22. The van der Waals surface area contributed by atoms with Crippen molar-refractivity contribution in [2.45, 2.75) is 32.9 Å². The van der Waals surface area contributed by atoms with Gasteiger partial charge in [0.25, 0.3) is 11.8 Å². The van der Waals surface area contributed by atoms with Gasteiger partial charge in [0.2, 0.25) is 0 Å². The van der Waals surface area contributed by atoms with Crippen LogP contribution in [0, 0.1) is 10.1 Å². The van der Waals surface area contributed by atoms with Crippen LogP contribution in [0.4, 0.5) is 11.4 Å². The van der Waals surface area contributed by atoms with Crippen molar-refractivity contribution in [3.05, 3.63) is 34.4 Å². The fourth-order valence-electron chi connectivity index (χ4n) is 1.95. The van der Waals surface area contributed by atoms with E-state index in [0.29, 0.717) is 6.54 Å². The van der Waals surface area contributed by atoms with Gasteiger partial charge in [-0.2, -0.15) is 10.2 Å². The predicted molar refractivity (Wildman–Crippen MR) is 83.3 cm³/mol. The summed E-state index contributed by atoms with van der Waals surface area (Å²) in [5, 5.41) is 21.1. The molecule has 11 heteroatoms. The third-order valence-corrected chi connectivity index (χ3v) is 3.48. The second-order valence-electron chi connectivity index (χ2n) is 5.52. The van der Waals surface area contributed by atoms with Crippen LogP contribution in [0.3, 0.4) is 0 Å². The molecule has 0 unspecified atom stereocenters. The predicted octanol–water partition coefficient (Wildman–Crippen LogP) is 0.480. The van der Waals surface area contributed by atoms with Gasteiger partial charge in [0.15, 0.2) is 5.69 Å². The average molecular weight is 335 g/mol. The summed E-state index contributed by atoms with van der Waals surface area (Å²) in [5.74, 6) is -1.30. The standard InChI is InChI=1S/C13H17N7O4/c1-4-18-7-9(10(17-18)11(14)21)16-12(22)13(2,3)19-6-8(5-15-19)20(23)24/h5-7H,4H2,1-3H3,(H2,14,21)(H,16,22). The Morgan fingerprint density at radius 3 is 2.58 bits per heavy atom. The van der Waals surface area contributed by atoms with E-state index in [9.17, 15) is 19.7 Å². The van der Waals surface area contributed by atoms with Gasteiger partial charge in [-0.1, -0.05) is 0 Å². The molecule has 2 heterocycles. The Hall–Kier alpha value is -3.24. The highest BCUT2D eigenvalue weighted by Gasteiger charge is 2.33. The van der Waals surface area contributed by atoms with Crippen molar-refractivity contribution in [2.24, 2.45) is 5.73 Å². The molecule has 2 amide bonds. The Morgan fingerprint density at radius 1 is 1.42 bits per heavy atom. The first kappa shape index (κ1) is 17.1. The minimum atomic E-state index is -1.24. The maximum Gasteiger partial charge on any atom is 0.307 e. The van der Waals surface area contributed by atoms with Crippen LogP contribution in [0.25, 0.3) is 0 Å². The molecule has 3 N–H and O–H groups in total. The van der Waals surface area contributed by atoms with Crippen molar-refractivity contribution in [3.8, 4) is 0 Å². The lowest BCUT2D eigenvalue weighted by molar-refractivity contribution is -0.385. The van der Waals surface area contributed by atoms with E-state index in [0.717, 1.165) is 12.4 Å². The molecule has 2 aromatic heterocycles. The number of aryl methyl sites for hydroxylation is 1. The Labute approximate surface area is 136 Å². The van der Waals surface area contributed by atoms with Gasteiger partial charge in [0, 0.05) is 12.7 Å². The largest absolute Gasteiger partial charge is 0.364 e. The molecule has 24 heavy (non-hydrogen) atoms. The second kappa shape index (κ2) is 6.10. The lowest BCUT2D eigenvalue weighted by Gasteiger charge is -2.23. The number of nitrogens with two attached hydrogens (primary N) is 1. The molecule has 0 bridgehead atoms. The van der Waals surface area contributed by atoms with E-state index in [1.807, 2.05) is 6.92 Å². The first-order valence-electron chi connectivity index (χ1n) is 7.05. The average Bonchev–Trinajstić information content (AvgIpc) is 3.14. The molecular weight excluding hydrogens is 318 g/mol. The minimum Gasteiger partial charge on any atom is -0.364 e. The monoisotopic (exact) mass is 335 g/mol. The minimum absolute atomic E-state index is 0.0626. The number of carbonyl (C=O) groups excluding carboxylic acids is 2. The van der Waals surface area contributed by atoms with Gasteiger partial charge in [-0.25, -0.2) is 0 Å². The van der Waals surface area contributed by atoms with E-state index < -0.39 is 22.3 Å². The molecule has 0 aromatic carbocycles. The van der Waals surface area contributed by atoms with Crippen LogP contribution in [-0.2, 0) is 16.9 Å². The van der Waals surface area contributed by atoms with Crippen LogP contribution < -0.4 is 11.1 Å². The quantitative estimate of drug-likeness (QED) is 0.578. The van der Waals surface area contributed by atoms with Crippen molar-refractivity contribution < 1.29 is 14.5 Å². The smallest absolute Gasteiger partial charge is 0.307 e.